The molecule has 0 atom stereocenters. The monoisotopic (exact) mass is 347 g/mol. The summed E-state index contributed by atoms with van der Waals surface area (Å²) in [5.74, 6) is 0.439. The quantitative estimate of drug-likeness (QED) is 0.737. The maximum absolute atomic E-state index is 13.6. The SMILES string of the molecule is Cc1ccc(F)cc1-c1ccc2c([Si])c(NC(=O)C3CC3)ncc2c1. The second-order valence-corrected chi connectivity index (χ2v) is 7.01. The third-order valence-corrected chi connectivity index (χ3v) is 5.10. The molecule has 0 saturated heterocycles. The van der Waals surface area contributed by atoms with Crippen molar-refractivity contribution in [3.63, 3.8) is 0 Å². The Hall–Kier alpha value is -2.53. The van der Waals surface area contributed by atoms with Crippen molar-refractivity contribution in [2.75, 3.05) is 5.32 Å². The minimum absolute atomic E-state index is 0.0263. The number of hydrogen-bond acceptors (Lipinski definition) is 2. The summed E-state index contributed by atoms with van der Waals surface area (Å²) >= 11 is 0. The van der Waals surface area contributed by atoms with Crippen LogP contribution in [-0.4, -0.2) is 21.1 Å². The molecule has 3 radical (unpaired) electrons. The van der Waals surface area contributed by atoms with E-state index in [2.05, 4.69) is 20.5 Å². The molecule has 0 unspecified atom stereocenters. The highest BCUT2D eigenvalue weighted by atomic mass is 28.1. The van der Waals surface area contributed by atoms with Crippen molar-refractivity contribution < 1.29 is 9.18 Å². The van der Waals surface area contributed by atoms with Crippen LogP contribution in [0.2, 0.25) is 0 Å². The number of benzene rings is 2. The Bertz CT molecular complexity index is 998. The first-order valence-electron chi connectivity index (χ1n) is 8.24. The highest BCUT2D eigenvalue weighted by Gasteiger charge is 2.30. The normalized spacial score (nSPS) is 13.9. The highest BCUT2D eigenvalue weighted by molar-refractivity contribution is 6.42. The van der Waals surface area contributed by atoms with Gasteiger partial charge in [0, 0.05) is 17.5 Å². The van der Waals surface area contributed by atoms with Crippen LogP contribution in [0, 0.1) is 18.7 Å². The fourth-order valence-corrected chi connectivity index (χ4v) is 3.31. The lowest BCUT2D eigenvalue weighted by Crippen LogP contribution is -2.21. The Kier molecular flexibility index (Phi) is 3.88. The van der Waals surface area contributed by atoms with Gasteiger partial charge in [-0.15, -0.1) is 0 Å². The Balaban J connectivity index is 1.74. The van der Waals surface area contributed by atoms with Gasteiger partial charge in [0.2, 0.25) is 5.91 Å². The summed E-state index contributed by atoms with van der Waals surface area (Å²) in [6, 6.07) is 10.7. The molecule has 1 aliphatic carbocycles. The van der Waals surface area contributed by atoms with E-state index in [1.165, 1.54) is 6.07 Å². The number of carbonyl (C=O) groups is 1. The van der Waals surface area contributed by atoms with Gasteiger partial charge in [0.25, 0.3) is 0 Å². The van der Waals surface area contributed by atoms with Gasteiger partial charge in [-0.1, -0.05) is 18.2 Å². The molecule has 4 rings (SSSR count). The predicted molar refractivity (Wildman–Crippen MR) is 98.6 cm³/mol. The van der Waals surface area contributed by atoms with Crippen LogP contribution in [0.15, 0.2) is 42.6 Å². The first-order chi connectivity index (χ1) is 12.0. The van der Waals surface area contributed by atoms with Gasteiger partial charge in [-0.25, -0.2) is 9.37 Å². The number of nitrogens with one attached hydrogen (secondary N) is 1. The van der Waals surface area contributed by atoms with Crippen LogP contribution in [0.1, 0.15) is 18.4 Å². The summed E-state index contributed by atoms with van der Waals surface area (Å²) in [4.78, 5) is 16.3. The summed E-state index contributed by atoms with van der Waals surface area (Å²) in [5, 5.41) is 5.52. The van der Waals surface area contributed by atoms with Crippen LogP contribution < -0.4 is 10.5 Å². The van der Waals surface area contributed by atoms with E-state index in [1.54, 1.807) is 18.3 Å². The lowest BCUT2D eigenvalue weighted by molar-refractivity contribution is -0.117. The topological polar surface area (TPSA) is 42.0 Å². The number of fused-ring (bicyclic) bond motifs is 1. The first kappa shape index (κ1) is 16.0. The van der Waals surface area contributed by atoms with E-state index in [1.807, 2.05) is 25.1 Å². The molecule has 1 aliphatic rings. The molecule has 1 aromatic heterocycles. The van der Waals surface area contributed by atoms with Crippen molar-refractivity contribution in [3.8, 4) is 11.1 Å². The molecule has 2 aromatic carbocycles. The molecule has 1 heterocycles. The van der Waals surface area contributed by atoms with Gasteiger partial charge in [0.1, 0.15) is 11.6 Å². The molecule has 123 valence electrons. The molecular weight excluding hydrogens is 331 g/mol. The van der Waals surface area contributed by atoms with Crippen LogP contribution in [0.5, 0.6) is 0 Å². The van der Waals surface area contributed by atoms with E-state index in [4.69, 9.17) is 0 Å². The van der Waals surface area contributed by atoms with Crippen molar-refractivity contribution in [1.29, 1.82) is 0 Å². The second-order valence-electron chi connectivity index (χ2n) is 6.51. The molecule has 3 nitrogen and oxygen atoms in total. The summed E-state index contributed by atoms with van der Waals surface area (Å²) < 4.78 is 13.6. The number of amides is 1. The van der Waals surface area contributed by atoms with Gasteiger partial charge in [0.15, 0.2) is 0 Å². The third-order valence-electron chi connectivity index (χ3n) is 4.59. The van der Waals surface area contributed by atoms with Crippen LogP contribution in [0.3, 0.4) is 0 Å². The number of aryl methyl sites for hydroxylation is 1. The van der Waals surface area contributed by atoms with Crippen molar-refractivity contribution >= 4 is 37.9 Å². The molecule has 1 N–H and O–H groups in total. The number of hydrogen-bond donors (Lipinski definition) is 1. The molecule has 0 bridgehead atoms. The average Bonchev–Trinajstić information content (AvgIpc) is 3.44. The summed E-state index contributed by atoms with van der Waals surface area (Å²) in [6.07, 6.45) is 3.64. The number of halogens is 1. The minimum atomic E-state index is -0.252. The molecule has 25 heavy (non-hydrogen) atoms. The number of carbonyl (C=O) groups excluding carboxylic acids is 1. The van der Waals surface area contributed by atoms with Gasteiger partial charge in [-0.2, -0.15) is 0 Å². The number of nitrogens with zero attached hydrogens (tertiary/aromatic N) is 1. The van der Waals surface area contributed by atoms with E-state index >= 15 is 0 Å². The fourth-order valence-electron chi connectivity index (χ4n) is 2.96. The first-order valence-corrected chi connectivity index (χ1v) is 8.74. The largest absolute Gasteiger partial charge is 0.311 e. The number of rotatable bonds is 3. The second kappa shape index (κ2) is 6.08. The van der Waals surface area contributed by atoms with E-state index < -0.39 is 0 Å². The number of aromatic nitrogens is 1. The molecular formula is C20H16FN2OSi. The van der Waals surface area contributed by atoms with Crippen LogP contribution in [-0.2, 0) is 4.79 Å². The van der Waals surface area contributed by atoms with E-state index in [0.29, 0.717) is 5.82 Å². The van der Waals surface area contributed by atoms with E-state index in [0.717, 1.165) is 45.5 Å². The van der Waals surface area contributed by atoms with Crippen LogP contribution in [0.4, 0.5) is 10.2 Å². The Morgan fingerprint density at radius 1 is 1.24 bits per heavy atom. The standard InChI is InChI=1S/C20H16FN2OSi/c1-11-2-6-15(21)9-17(11)13-5-7-16-14(8-13)10-22-19(18(16)25)23-20(24)12-3-4-12/h2,5-10,12H,3-4H2,1H3,(H,22,23,24). The molecule has 0 spiro atoms. The molecule has 3 aromatic rings. The Morgan fingerprint density at radius 2 is 2.04 bits per heavy atom. The van der Waals surface area contributed by atoms with Gasteiger partial charge in [-0.3, -0.25) is 4.79 Å². The van der Waals surface area contributed by atoms with Crippen LogP contribution in [0.25, 0.3) is 21.9 Å². The molecule has 1 amide bonds. The van der Waals surface area contributed by atoms with E-state index in [9.17, 15) is 9.18 Å². The molecule has 5 heteroatoms. The number of pyridine rings is 1. The fraction of sp³-hybridized carbons (Fsp3) is 0.200. The number of anilines is 1. The Morgan fingerprint density at radius 3 is 2.80 bits per heavy atom. The van der Waals surface area contributed by atoms with Crippen molar-refractivity contribution in [3.05, 3.63) is 54.0 Å². The maximum atomic E-state index is 13.6. The zero-order valence-electron chi connectivity index (χ0n) is 13.8. The van der Waals surface area contributed by atoms with Crippen molar-refractivity contribution in [1.82, 2.24) is 4.98 Å². The van der Waals surface area contributed by atoms with Crippen molar-refractivity contribution in [2.45, 2.75) is 19.8 Å². The van der Waals surface area contributed by atoms with Gasteiger partial charge in [0.05, 0.1) is 10.2 Å². The maximum Gasteiger partial charge on any atom is 0.228 e. The van der Waals surface area contributed by atoms with E-state index in [-0.39, 0.29) is 17.6 Å². The minimum Gasteiger partial charge on any atom is -0.311 e. The van der Waals surface area contributed by atoms with Crippen molar-refractivity contribution in [2.24, 2.45) is 5.92 Å². The molecule has 0 aliphatic heterocycles. The van der Waals surface area contributed by atoms with Crippen LogP contribution >= 0.6 is 0 Å². The lowest BCUT2D eigenvalue weighted by atomic mass is 9.98. The highest BCUT2D eigenvalue weighted by Crippen LogP contribution is 2.30. The van der Waals surface area contributed by atoms with Gasteiger partial charge >= 0.3 is 0 Å². The third kappa shape index (κ3) is 3.07. The Labute approximate surface area is 148 Å². The average molecular weight is 347 g/mol. The summed E-state index contributed by atoms with van der Waals surface area (Å²) in [5.41, 5.74) is 2.82. The molecule has 1 saturated carbocycles. The predicted octanol–water partition coefficient (Wildman–Crippen LogP) is 3.49. The zero-order chi connectivity index (χ0) is 17.6. The summed E-state index contributed by atoms with van der Waals surface area (Å²) in [7, 11) is 3.61. The van der Waals surface area contributed by atoms with Gasteiger partial charge < -0.3 is 5.32 Å². The molecule has 1 fully saturated rings. The summed E-state index contributed by atoms with van der Waals surface area (Å²) in [6.45, 7) is 1.96. The van der Waals surface area contributed by atoms with Gasteiger partial charge in [-0.05, 0) is 65.2 Å². The smallest absolute Gasteiger partial charge is 0.228 e. The zero-order valence-corrected chi connectivity index (χ0v) is 14.8. The lowest BCUT2D eigenvalue weighted by Gasteiger charge is -2.12.